The molecule has 0 fully saturated rings. The highest BCUT2D eigenvalue weighted by molar-refractivity contribution is 6.09. The summed E-state index contributed by atoms with van der Waals surface area (Å²) in [6.45, 7) is 4.59. The molecule has 0 saturated carbocycles. The molecule has 0 spiro atoms. The van der Waals surface area contributed by atoms with E-state index in [1.54, 1.807) is 0 Å². The Morgan fingerprint density at radius 2 is 1.50 bits per heavy atom. The molecule has 1 nitrogen and oxygen atoms in total. The van der Waals surface area contributed by atoms with E-state index in [0.29, 0.717) is 0 Å². The van der Waals surface area contributed by atoms with E-state index < -0.39 is 0 Å². The lowest BCUT2D eigenvalue weighted by atomic mass is 9.82. The molecule has 0 unspecified atom stereocenters. The summed E-state index contributed by atoms with van der Waals surface area (Å²) in [5.41, 5.74) is 7.34. The maximum Gasteiger partial charge on any atom is 0.140 e. The number of para-hydroxylation sites is 1. The molecule has 4 aromatic rings. The van der Waals surface area contributed by atoms with Gasteiger partial charge in [-0.2, -0.15) is 0 Å². The Kier molecular flexibility index (Phi) is 2.08. The molecule has 5 rings (SSSR count). The summed E-state index contributed by atoms with van der Waals surface area (Å²) in [6, 6.07) is 21.5. The molecule has 0 aliphatic heterocycles. The third-order valence-electron chi connectivity index (χ3n) is 5.06. The van der Waals surface area contributed by atoms with Crippen molar-refractivity contribution in [3.05, 3.63) is 71.8 Å². The standard InChI is InChI=1S/C21H16O/c1-21(2)17-9-5-3-7-13(17)15-11-12-16-14-8-4-6-10-18(14)22-20(16)19(15)21/h3-12H,1-2H3. The highest BCUT2D eigenvalue weighted by atomic mass is 16.3. The van der Waals surface area contributed by atoms with Gasteiger partial charge in [0.1, 0.15) is 11.2 Å². The maximum absolute atomic E-state index is 6.26. The summed E-state index contributed by atoms with van der Waals surface area (Å²) in [5.74, 6) is 0. The topological polar surface area (TPSA) is 13.1 Å². The number of benzene rings is 3. The molecule has 106 valence electrons. The first-order chi connectivity index (χ1) is 10.7. The Morgan fingerprint density at radius 1 is 0.727 bits per heavy atom. The zero-order chi connectivity index (χ0) is 14.9. The summed E-state index contributed by atoms with van der Waals surface area (Å²) in [4.78, 5) is 0. The van der Waals surface area contributed by atoms with Gasteiger partial charge in [-0.1, -0.05) is 62.4 Å². The molecule has 1 heterocycles. The highest BCUT2D eigenvalue weighted by Gasteiger charge is 2.38. The molecular weight excluding hydrogens is 268 g/mol. The van der Waals surface area contributed by atoms with Gasteiger partial charge in [0.2, 0.25) is 0 Å². The predicted octanol–water partition coefficient (Wildman–Crippen LogP) is 5.89. The van der Waals surface area contributed by atoms with Gasteiger partial charge in [-0.15, -0.1) is 0 Å². The predicted molar refractivity (Wildman–Crippen MR) is 91.3 cm³/mol. The molecule has 0 atom stereocenters. The van der Waals surface area contributed by atoms with Crippen LogP contribution < -0.4 is 0 Å². The number of rotatable bonds is 0. The van der Waals surface area contributed by atoms with Crippen molar-refractivity contribution in [2.45, 2.75) is 19.3 Å². The average Bonchev–Trinajstić information content (AvgIpc) is 3.02. The van der Waals surface area contributed by atoms with E-state index in [1.807, 2.05) is 6.07 Å². The van der Waals surface area contributed by atoms with Gasteiger partial charge >= 0.3 is 0 Å². The summed E-state index contributed by atoms with van der Waals surface area (Å²) in [6.07, 6.45) is 0. The van der Waals surface area contributed by atoms with Gasteiger partial charge in [-0.3, -0.25) is 0 Å². The Balaban J connectivity index is 1.99. The summed E-state index contributed by atoms with van der Waals surface area (Å²) >= 11 is 0. The van der Waals surface area contributed by atoms with E-state index >= 15 is 0 Å². The quantitative estimate of drug-likeness (QED) is 0.392. The Hall–Kier alpha value is -2.54. The minimum absolute atomic E-state index is 0.0285. The lowest BCUT2D eigenvalue weighted by molar-refractivity contribution is 0.620. The van der Waals surface area contributed by atoms with Crippen molar-refractivity contribution in [1.29, 1.82) is 0 Å². The third-order valence-corrected chi connectivity index (χ3v) is 5.06. The number of furan rings is 1. The fourth-order valence-corrected chi connectivity index (χ4v) is 4.03. The smallest absolute Gasteiger partial charge is 0.140 e. The average molecular weight is 284 g/mol. The lowest BCUT2D eigenvalue weighted by Crippen LogP contribution is -2.15. The van der Waals surface area contributed by atoms with Crippen molar-refractivity contribution in [2.75, 3.05) is 0 Å². The van der Waals surface area contributed by atoms with E-state index in [-0.39, 0.29) is 5.41 Å². The Morgan fingerprint density at radius 3 is 2.41 bits per heavy atom. The van der Waals surface area contributed by atoms with Crippen molar-refractivity contribution >= 4 is 21.9 Å². The van der Waals surface area contributed by atoms with E-state index in [2.05, 4.69) is 68.4 Å². The molecule has 0 saturated heterocycles. The van der Waals surface area contributed by atoms with E-state index in [1.165, 1.54) is 33.0 Å². The Labute approximate surface area is 129 Å². The van der Waals surface area contributed by atoms with Crippen LogP contribution in [0.4, 0.5) is 0 Å². The maximum atomic E-state index is 6.26. The second-order valence-corrected chi connectivity index (χ2v) is 6.63. The van der Waals surface area contributed by atoms with Crippen LogP contribution >= 0.6 is 0 Å². The van der Waals surface area contributed by atoms with Gasteiger partial charge in [0.15, 0.2) is 0 Å². The molecule has 0 radical (unpaired) electrons. The first-order valence-corrected chi connectivity index (χ1v) is 7.72. The van der Waals surface area contributed by atoms with E-state index in [0.717, 1.165) is 11.2 Å². The van der Waals surface area contributed by atoms with E-state index in [4.69, 9.17) is 4.42 Å². The van der Waals surface area contributed by atoms with Crippen LogP contribution in [-0.4, -0.2) is 0 Å². The molecule has 1 aromatic heterocycles. The Bertz CT molecular complexity index is 1050. The van der Waals surface area contributed by atoms with Crippen LogP contribution in [0.15, 0.2) is 65.1 Å². The summed E-state index contributed by atoms with van der Waals surface area (Å²) in [7, 11) is 0. The van der Waals surface area contributed by atoms with Crippen molar-refractivity contribution in [2.24, 2.45) is 0 Å². The molecule has 3 aromatic carbocycles. The van der Waals surface area contributed by atoms with Gasteiger partial charge in [-0.05, 0) is 28.8 Å². The van der Waals surface area contributed by atoms with Crippen LogP contribution in [-0.2, 0) is 5.41 Å². The fourth-order valence-electron chi connectivity index (χ4n) is 4.03. The number of hydrogen-bond acceptors (Lipinski definition) is 1. The molecule has 22 heavy (non-hydrogen) atoms. The zero-order valence-electron chi connectivity index (χ0n) is 12.7. The van der Waals surface area contributed by atoms with Crippen LogP contribution in [0.2, 0.25) is 0 Å². The van der Waals surface area contributed by atoms with Crippen molar-refractivity contribution in [3.63, 3.8) is 0 Å². The van der Waals surface area contributed by atoms with Gasteiger partial charge < -0.3 is 4.42 Å². The number of hydrogen-bond donors (Lipinski definition) is 0. The molecule has 1 aliphatic rings. The molecule has 1 heteroatoms. The van der Waals surface area contributed by atoms with Gasteiger partial charge in [0.25, 0.3) is 0 Å². The molecule has 0 bridgehead atoms. The minimum Gasteiger partial charge on any atom is -0.456 e. The minimum atomic E-state index is -0.0285. The van der Waals surface area contributed by atoms with Crippen LogP contribution in [0.25, 0.3) is 33.1 Å². The fraction of sp³-hybridized carbons (Fsp3) is 0.143. The molecule has 0 amide bonds. The SMILES string of the molecule is CC1(C)c2ccccc2-c2ccc3c(oc4ccccc43)c21. The van der Waals surface area contributed by atoms with Crippen molar-refractivity contribution in [3.8, 4) is 11.1 Å². The molecular formula is C21H16O. The monoisotopic (exact) mass is 284 g/mol. The first kappa shape index (κ1) is 12.0. The third kappa shape index (κ3) is 1.29. The van der Waals surface area contributed by atoms with Gasteiger partial charge in [0.05, 0.1) is 0 Å². The van der Waals surface area contributed by atoms with Gasteiger partial charge in [0, 0.05) is 21.8 Å². The number of fused-ring (bicyclic) bond motifs is 7. The second-order valence-electron chi connectivity index (χ2n) is 6.63. The van der Waals surface area contributed by atoms with Crippen LogP contribution in [0, 0.1) is 0 Å². The molecule has 1 aliphatic carbocycles. The van der Waals surface area contributed by atoms with Crippen LogP contribution in [0.3, 0.4) is 0 Å². The van der Waals surface area contributed by atoms with Crippen molar-refractivity contribution in [1.82, 2.24) is 0 Å². The van der Waals surface area contributed by atoms with Gasteiger partial charge in [-0.25, -0.2) is 0 Å². The largest absolute Gasteiger partial charge is 0.456 e. The highest BCUT2D eigenvalue weighted by Crippen LogP contribution is 2.52. The van der Waals surface area contributed by atoms with Crippen molar-refractivity contribution < 1.29 is 4.42 Å². The lowest BCUT2D eigenvalue weighted by Gasteiger charge is -2.21. The van der Waals surface area contributed by atoms with E-state index in [9.17, 15) is 0 Å². The molecule has 0 N–H and O–H groups in total. The summed E-state index contributed by atoms with van der Waals surface area (Å²) < 4.78 is 6.26. The van der Waals surface area contributed by atoms with Crippen LogP contribution in [0.1, 0.15) is 25.0 Å². The normalized spacial score (nSPS) is 15.2. The second kappa shape index (κ2) is 3.80. The first-order valence-electron chi connectivity index (χ1n) is 7.72. The van der Waals surface area contributed by atoms with Crippen LogP contribution in [0.5, 0.6) is 0 Å². The summed E-state index contributed by atoms with van der Waals surface area (Å²) in [5, 5.41) is 2.42. The zero-order valence-corrected chi connectivity index (χ0v) is 12.7.